The number of hydrogen-bond donors (Lipinski definition) is 1. The Morgan fingerprint density at radius 3 is 2.71 bits per heavy atom. The van der Waals surface area contributed by atoms with Crippen LogP contribution in [0.5, 0.6) is 5.75 Å². The molecule has 0 aliphatic carbocycles. The largest absolute Gasteiger partial charge is 0.496 e. The van der Waals surface area contributed by atoms with Gasteiger partial charge in [0.25, 0.3) is 0 Å². The molecule has 1 amide bonds. The number of amides is 1. The van der Waals surface area contributed by atoms with Gasteiger partial charge in [0, 0.05) is 42.8 Å². The normalized spacial score (nSPS) is 18.2. The average Bonchev–Trinajstić information content (AvgIpc) is 2.73. The molecule has 7 heteroatoms. The lowest BCUT2D eigenvalue weighted by molar-refractivity contribution is -0.137. The molecular formula is C21H28N4O3. The molecule has 0 radical (unpaired) electrons. The maximum Gasteiger partial charge on any atom is 0.227 e. The number of methoxy groups -OCH3 is 1. The lowest BCUT2D eigenvalue weighted by Crippen LogP contribution is -2.47. The Bertz CT molecular complexity index is 794. The zero-order chi connectivity index (χ0) is 20.1. The van der Waals surface area contributed by atoms with E-state index in [1.807, 2.05) is 13.8 Å². The van der Waals surface area contributed by atoms with Crippen molar-refractivity contribution in [2.75, 3.05) is 13.7 Å². The van der Waals surface area contributed by atoms with E-state index in [0.29, 0.717) is 17.9 Å². The smallest absolute Gasteiger partial charge is 0.227 e. The standard InChI is InChI=1S/C21H28N4O3/c1-14(2)21-23-11-15(12-24-21)10-19(26)25-9-5-4-6-17(25)20(27)16-13-22-8-7-18(16)28-3/h7-8,11-14,17,20,27H,4-6,9-10H2,1-3H3/t17-,20+/m1/s1. The molecule has 0 bridgehead atoms. The third kappa shape index (κ3) is 4.47. The molecule has 0 saturated carbocycles. The number of carbonyl (C=O) groups excluding carboxylic acids is 1. The van der Waals surface area contributed by atoms with Crippen LogP contribution in [-0.2, 0) is 11.2 Å². The Kier molecular flexibility index (Phi) is 6.57. The summed E-state index contributed by atoms with van der Waals surface area (Å²) >= 11 is 0. The number of nitrogens with zero attached hydrogens (tertiary/aromatic N) is 4. The van der Waals surface area contributed by atoms with Gasteiger partial charge in [-0.1, -0.05) is 13.8 Å². The Hall–Kier alpha value is -2.54. The van der Waals surface area contributed by atoms with E-state index in [0.717, 1.165) is 30.7 Å². The van der Waals surface area contributed by atoms with Crippen LogP contribution in [-0.4, -0.2) is 50.6 Å². The molecule has 7 nitrogen and oxygen atoms in total. The molecule has 0 spiro atoms. The van der Waals surface area contributed by atoms with Gasteiger partial charge in [-0.15, -0.1) is 0 Å². The van der Waals surface area contributed by atoms with E-state index in [2.05, 4.69) is 15.0 Å². The molecule has 28 heavy (non-hydrogen) atoms. The number of piperidine rings is 1. The zero-order valence-corrected chi connectivity index (χ0v) is 16.7. The fourth-order valence-electron chi connectivity index (χ4n) is 3.63. The second-order valence-electron chi connectivity index (χ2n) is 7.49. The SMILES string of the molecule is COc1ccncc1[C@H](O)[C@H]1CCCCN1C(=O)Cc1cnc(C(C)C)nc1. The molecule has 1 fully saturated rings. The van der Waals surface area contributed by atoms with Gasteiger partial charge < -0.3 is 14.7 Å². The highest BCUT2D eigenvalue weighted by Crippen LogP contribution is 2.33. The molecule has 2 aromatic rings. The van der Waals surface area contributed by atoms with Gasteiger partial charge in [-0.05, 0) is 30.9 Å². The van der Waals surface area contributed by atoms with Gasteiger partial charge in [-0.3, -0.25) is 9.78 Å². The molecule has 150 valence electrons. The molecule has 1 N–H and O–H groups in total. The molecule has 2 aromatic heterocycles. The van der Waals surface area contributed by atoms with Crippen molar-refractivity contribution in [3.63, 3.8) is 0 Å². The first-order valence-electron chi connectivity index (χ1n) is 9.77. The highest BCUT2D eigenvalue weighted by Gasteiger charge is 2.34. The van der Waals surface area contributed by atoms with Crippen LogP contribution in [0.2, 0.25) is 0 Å². The maximum atomic E-state index is 13.0. The molecule has 3 rings (SSSR count). The summed E-state index contributed by atoms with van der Waals surface area (Å²) in [5.74, 6) is 1.58. The summed E-state index contributed by atoms with van der Waals surface area (Å²) < 4.78 is 5.36. The third-order valence-corrected chi connectivity index (χ3v) is 5.18. The molecular weight excluding hydrogens is 356 g/mol. The van der Waals surface area contributed by atoms with Gasteiger partial charge in [-0.25, -0.2) is 9.97 Å². The maximum absolute atomic E-state index is 13.0. The van der Waals surface area contributed by atoms with Gasteiger partial charge in [0.15, 0.2) is 0 Å². The number of pyridine rings is 1. The van der Waals surface area contributed by atoms with Crippen LogP contribution < -0.4 is 4.74 Å². The van der Waals surface area contributed by atoms with Crippen molar-refractivity contribution >= 4 is 5.91 Å². The van der Waals surface area contributed by atoms with Gasteiger partial charge in [0.2, 0.25) is 5.91 Å². The van der Waals surface area contributed by atoms with E-state index in [1.54, 1.807) is 42.9 Å². The van der Waals surface area contributed by atoms with E-state index in [4.69, 9.17) is 4.74 Å². The summed E-state index contributed by atoms with van der Waals surface area (Å²) in [5.41, 5.74) is 1.39. The van der Waals surface area contributed by atoms with Gasteiger partial charge in [0.05, 0.1) is 19.6 Å². The second kappa shape index (κ2) is 9.10. The quantitative estimate of drug-likeness (QED) is 0.824. The van der Waals surface area contributed by atoms with Crippen LogP contribution in [0.15, 0.2) is 30.9 Å². The van der Waals surface area contributed by atoms with Gasteiger partial charge >= 0.3 is 0 Å². The summed E-state index contributed by atoms with van der Waals surface area (Å²) in [7, 11) is 1.57. The number of aliphatic hydroxyl groups is 1. The Labute approximate surface area is 165 Å². The number of aromatic nitrogens is 3. The predicted molar refractivity (Wildman–Crippen MR) is 105 cm³/mol. The van der Waals surface area contributed by atoms with Crippen molar-refractivity contribution in [1.29, 1.82) is 0 Å². The molecule has 1 aliphatic rings. The Morgan fingerprint density at radius 2 is 2.04 bits per heavy atom. The van der Waals surface area contributed by atoms with Crippen LogP contribution >= 0.6 is 0 Å². The molecule has 1 saturated heterocycles. The molecule has 3 heterocycles. The minimum atomic E-state index is -0.840. The Morgan fingerprint density at radius 1 is 1.29 bits per heavy atom. The first kappa shape index (κ1) is 20.2. The highest BCUT2D eigenvalue weighted by molar-refractivity contribution is 5.79. The predicted octanol–water partition coefficient (Wildman–Crippen LogP) is 2.66. The second-order valence-corrected chi connectivity index (χ2v) is 7.49. The number of aliphatic hydroxyl groups excluding tert-OH is 1. The molecule has 0 unspecified atom stereocenters. The summed E-state index contributed by atoms with van der Waals surface area (Å²) in [5, 5.41) is 11.0. The van der Waals surface area contributed by atoms with Crippen LogP contribution in [0.3, 0.4) is 0 Å². The lowest BCUT2D eigenvalue weighted by Gasteiger charge is -2.39. The summed E-state index contributed by atoms with van der Waals surface area (Å²) in [4.78, 5) is 27.6. The van der Waals surface area contributed by atoms with Crippen LogP contribution in [0.25, 0.3) is 0 Å². The average molecular weight is 384 g/mol. The van der Waals surface area contributed by atoms with Crippen molar-refractivity contribution in [3.8, 4) is 5.75 Å². The summed E-state index contributed by atoms with van der Waals surface area (Å²) in [6, 6.07) is 1.43. The van der Waals surface area contributed by atoms with Crippen molar-refractivity contribution < 1.29 is 14.6 Å². The number of hydrogen-bond acceptors (Lipinski definition) is 6. The van der Waals surface area contributed by atoms with E-state index >= 15 is 0 Å². The minimum Gasteiger partial charge on any atom is -0.496 e. The minimum absolute atomic E-state index is 0.0208. The lowest BCUT2D eigenvalue weighted by atomic mass is 9.92. The monoisotopic (exact) mass is 384 g/mol. The zero-order valence-electron chi connectivity index (χ0n) is 16.7. The summed E-state index contributed by atoms with van der Waals surface area (Å²) in [6.07, 6.45) is 8.72. The van der Waals surface area contributed by atoms with E-state index in [-0.39, 0.29) is 24.3 Å². The number of rotatable bonds is 6. The van der Waals surface area contributed by atoms with Crippen molar-refractivity contribution in [2.24, 2.45) is 0 Å². The van der Waals surface area contributed by atoms with Gasteiger partial charge in [-0.2, -0.15) is 0 Å². The van der Waals surface area contributed by atoms with E-state index in [1.165, 1.54) is 0 Å². The Balaban J connectivity index is 1.75. The molecule has 2 atom stereocenters. The first-order chi connectivity index (χ1) is 13.5. The van der Waals surface area contributed by atoms with Crippen molar-refractivity contribution in [1.82, 2.24) is 19.9 Å². The van der Waals surface area contributed by atoms with Crippen LogP contribution in [0.1, 0.15) is 62.1 Å². The molecule has 0 aromatic carbocycles. The fraction of sp³-hybridized carbons (Fsp3) is 0.524. The topological polar surface area (TPSA) is 88.4 Å². The van der Waals surface area contributed by atoms with E-state index < -0.39 is 6.10 Å². The van der Waals surface area contributed by atoms with Crippen molar-refractivity contribution in [3.05, 3.63) is 47.8 Å². The molecule has 1 aliphatic heterocycles. The fourth-order valence-corrected chi connectivity index (χ4v) is 3.63. The number of likely N-dealkylation sites (tertiary alicyclic amines) is 1. The summed E-state index contributed by atoms with van der Waals surface area (Å²) in [6.45, 7) is 4.70. The van der Waals surface area contributed by atoms with Crippen molar-refractivity contribution in [2.45, 2.75) is 57.6 Å². The van der Waals surface area contributed by atoms with E-state index in [9.17, 15) is 9.90 Å². The number of carbonyl (C=O) groups is 1. The third-order valence-electron chi connectivity index (χ3n) is 5.18. The first-order valence-corrected chi connectivity index (χ1v) is 9.77. The van der Waals surface area contributed by atoms with Gasteiger partial charge in [0.1, 0.15) is 17.7 Å². The highest BCUT2D eigenvalue weighted by atomic mass is 16.5. The van der Waals surface area contributed by atoms with Crippen LogP contribution in [0.4, 0.5) is 0 Å². The van der Waals surface area contributed by atoms with Crippen LogP contribution in [0, 0.1) is 0 Å². The number of ether oxygens (including phenoxy) is 1.